The molecule has 3 fully saturated rings. The lowest BCUT2D eigenvalue weighted by Gasteiger charge is -2.50. The number of hydrogen-bond donors (Lipinski definition) is 2. The highest BCUT2D eigenvalue weighted by Crippen LogP contribution is 2.64. The number of aliphatic hydroxyl groups is 1. The Balaban J connectivity index is 1.27. The number of carbonyl (C=O) groups is 4. The van der Waals surface area contributed by atoms with E-state index in [2.05, 4.69) is 5.43 Å². The predicted molar refractivity (Wildman–Crippen MR) is 193 cm³/mol. The smallest absolute Gasteiger partial charge is 0.269 e. The van der Waals surface area contributed by atoms with E-state index in [0.29, 0.717) is 17.0 Å². The zero-order chi connectivity index (χ0) is 37.0. The summed E-state index contributed by atoms with van der Waals surface area (Å²) in [6, 6.07) is 29.2. The summed E-state index contributed by atoms with van der Waals surface area (Å²) in [4.78, 5) is 70.4. The van der Waals surface area contributed by atoms with Crippen LogP contribution < -0.4 is 15.1 Å². The van der Waals surface area contributed by atoms with Crippen LogP contribution in [0.2, 0.25) is 0 Å². The summed E-state index contributed by atoms with van der Waals surface area (Å²) in [5.41, 5.74) is 5.53. The van der Waals surface area contributed by atoms with Gasteiger partial charge in [0.05, 0.1) is 46.1 Å². The fraction of sp³-hybridized carbons (Fsp3) is 0.268. The van der Waals surface area contributed by atoms with Crippen molar-refractivity contribution < 1.29 is 33.9 Å². The van der Waals surface area contributed by atoms with Crippen LogP contribution in [-0.4, -0.2) is 51.9 Å². The molecule has 12 heteroatoms. The van der Waals surface area contributed by atoms with Crippen molar-refractivity contribution in [1.29, 1.82) is 0 Å². The van der Waals surface area contributed by atoms with E-state index in [9.17, 15) is 29.6 Å². The molecule has 53 heavy (non-hydrogen) atoms. The van der Waals surface area contributed by atoms with E-state index >= 15 is 4.79 Å². The van der Waals surface area contributed by atoms with Crippen LogP contribution in [0, 0.1) is 40.7 Å². The third kappa shape index (κ3) is 5.31. The maximum absolute atomic E-state index is 15.3. The van der Waals surface area contributed by atoms with Gasteiger partial charge in [0.1, 0.15) is 12.4 Å². The molecular weight excluding hydrogens is 676 g/mol. The second-order valence-electron chi connectivity index (χ2n) is 14.0. The quantitative estimate of drug-likeness (QED) is 0.0994. The highest BCUT2D eigenvalue weighted by molar-refractivity contribution is 6.22. The maximum atomic E-state index is 15.3. The van der Waals surface area contributed by atoms with E-state index in [4.69, 9.17) is 4.74 Å². The van der Waals surface area contributed by atoms with Gasteiger partial charge in [-0.15, -0.1) is 0 Å². The molecule has 2 N–H and O–H groups in total. The summed E-state index contributed by atoms with van der Waals surface area (Å²) in [6.45, 7) is 1.88. The number of hydrogen-bond acceptors (Lipinski definition) is 9. The van der Waals surface area contributed by atoms with Gasteiger partial charge in [0, 0.05) is 18.1 Å². The number of fused-ring (bicyclic) bond motifs is 4. The molecule has 4 aliphatic rings. The topological polar surface area (TPSA) is 159 Å². The first kappa shape index (κ1) is 34.0. The van der Waals surface area contributed by atoms with Crippen LogP contribution in [0.5, 0.6) is 5.75 Å². The minimum atomic E-state index is -1.41. The number of non-ortho nitro benzene ring substituents is 1. The number of imide groups is 2. The summed E-state index contributed by atoms with van der Waals surface area (Å²) >= 11 is 0. The van der Waals surface area contributed by atoms with Crippen molar-refractivity contribution in [2.75, 3.05) is 23.5 Å². The molecule has 4 aromatic carbocycles. The summed E-state index contributed by atoms with van der Waals surface area (Å²) in [7, 11) is 0. The fourth-order valence-electron chi connectivity index (χ4n) is 9.02. The molecule has 2 saturated heterocycles. The average molecular weight is 713 g/mol. The van der Waals surface area contributed by atoms with Gasteiger partial charge in [-0.3, -0.25) is 39.6 Å². The first-order chi connectivity index (χ1) is 25.6. The van der Waals surface area contributed by atoms with Crippen LogP contribution in [0.1, 0.15) is 35.4 Å². The van der Waals surface area contributed by atoms with Crippen LogP contribution >= 0.6 is 0 Å². The molecule has 2 aliphatic carbocycles. The van der Waals surface area contributed by atoms with Gasteiger partial charge < -0.3 is 9.84 Å². The summed E-state index contributed by atoms with van der Waals surface area (Å²) in [5, 5.41) is 21.8. The standard InChI is InChI=1S/C41H36N4O8/c1-24-7-11-27(12-8-24)42-44-38(48)34-23-33-31(19-20-32-35(33)39(49)43(37(32)47)28-13-15-29(16-14-28)45(51)52)36(25-9-17-30(18-10-25)53-22-21-46)41(34,40(44)50)26-5-3-2-4-6-26/h2-19,32-36,42,46H,20-23H2,1H3. The Morgan fingerprint density at radius 3 is 2.23 bits per heavy atom. The van der Waals surface area contributed by atoms with Crippen molar-refractivity contribution in [3.63, 3.8) is 0 Å². The Kier molecular flexibility index (Phi) is 8.41. The van der Waals surface area contributed by atoms with Crippen molar-refractivity contribution >= 4 is 40.7 Å². The molecule has 1 saturated carbocycles. The SMILES string of the molecule is Cc1ccc(NN2C(=O)C3CC4C(=CCC5C(=O)N(c6ccc([N+](=O)[O-])cc6)C(=O)C54)C(c4ccc(OCCO)cc4)C3(c3ccccc3)C2=O)cc1. The number of aryl methyl sites for hydroxylation is 1. The van der Waals surface area contributed by atoms with Crippen molar-refractivity contribution in [2.24, 2.45) is 23.7 Å². The lowest BCUT2D eigenvalue weighted by atomic mass is 9.49. The van der Waals surface area contributed by atoms with Gasteiger partial charge in [0.15, 0.2) is 0 Å². The number of carbonyl (C=O) groups excluding carboxylic acids is 4. The zero-order valence-corrected chi connectivity index (χ0v) is 28.8. The number of nitrogens with zero attached hydrogens (tertiary/aromatic N) is 3. The fourth-order valence-corrected chi connectivity index (χ4v) is 9.02. The Morgan fingerprint density at radius 1 is 0.868 bits per heavy atom. The molecule has 4 amide bonds. The normalized spacial score (nSPS) is 26.2. The maximum Gasteiger partial charge on any atom is 0.269 e. The molecule has 6 unspecified atom stereocenters. The van der Waals surface area contributed by atoms with Gasteiger partial charge in [0.25, 0.3) is 17.5 Å². The Bertz CT molecular complexity index is 2150. The number of ether oxygens (including phenoxy) is 1. The number of benzene rings is 4. The van der Waals surface area contributed by atoms with E-state index in [1.165, 1.54) is 24.3 Å². The Hall–Kier alpha value is -6.14. The van der Waals surface area contributed by atoms with Gasteiger partial charge >= 0.3 is 0 Å². The number of rotatable bonds is 9. The van der Waals surface area contributed by atoms with E-state index in [1.807, 2.05) is 67.6 Å². The van der Waals surface area contributed by atoms with E-state index in [1.54, 1.807) is 24.3 Å². The predicted octanol–water partition coefficient (Wildman–Crippen LogP) is 5.46. The molecule has 2 aliphatic heterocycles. The zero-order valence-electron chi connectivity index (χ0n) is 28.8. The number of allylic oxidation sites excluding steroid dienone is 2. The van der Waals surface area contributed by atoms with Gasteiger partial charge in [-0.1, -0.05) is 71.8 Å². The summed E-state index contributed by atoms with van der Waals surface area (Å²) < 4.78 is 5.66. The van der Waals surface area contributed by atoms with Crippen molar-refractivity contribution in [1.82, 2.24) is 5.01 Å². The molecular formula is C41H36N4O8. The van der Waals surface area contributed by atoms with Crippen LogP contribution in [0.3, 0.4) is 0 Å². The molecule has 4 aromatic rings. The summed E-state index contributed by atoms with van der Waals surface area (Å²) in [5.74, 6) is -4.89. The second kappa shape index (κ2) is 13.1. The highest BCUT2D eigenvalue weighted by atomic mass is 16.6. The lowest BCUT2D eigenvalue weighted by Crippen LogP contribution is -2.53. The Labute approximate surface area is 304 Å². The number of nitrogens with one attached hydrogen (secondary N) is 1. The number of hydrazine groups is 1. The molecule has 0 spiro atoms. The molecule has 0 aromatic heterocycles. The van der Waals surface area contributed by atoms with Crippen molar-refractivity contribution in [3.05, 3.63) is 142 Å². The van der Waals surface area contributed by atoms with E-state index < -0.39 is 63.6 Å². The van der Waals surface area contributed by atoms with Crippen molar-refractivity contribution in [3.8, 4) is 5.75 Å². The first-order valence-corrected chi connectivity index (χ1v) is 17.6. The third-order valence-corrected chi connectivity index (χ3v) is 11.3. The number of amides is 4. The Morgan fingerprint density at radius 2 is 1.57 bits per heavy atom. The first-order valence-electron chi connectivity index (χ1n) is 17.6. The molecule has 12 nitrogen and oxygen atoms in total. The van der Waals surface area contributed by atoms with Gasteiger partial charge in [0.2, 0.25) is 11.8 Å². The highest BCUT2D eigenvalue weighted by Gasteiger charge is 2.70. The van der Waals surface area contributed by atoms with E-state index in [0.717, 1.165) is 26.6 Å². The third-order valence-electron chi connectivity index (χ3n) is 11.3. The number of nitro groups is 1. The largest absolute Gasteiger partial charge is 0.491 e. The van der Waals surface area contributed by atoms with Crippen LogP contribution in [-0.2, 0) is 24.6 Å². The van der Waals surface area contributed by atoms with Crippen LogP contribution in [0.15, 0.2) is 115 Å². The van der Waals surface area contributed by atoms with Gasteiger partial charge in [-0.05, 0) is 73.2 Å². The molecule has 8 rings (SSSR count). The minimum absolute atomic E-state index is 0.100. The van der Waals surface area contributed by atoms with Crippen LogP contribution in [0.4, 0.5) is 17.1 Å². The van der Waals surface area contributed by atoms with E-state index in [-0.39, 0.29) is 37.4 Å². The monoisotopic (exact) mass is 712 g/mol. The van der Waals surface area contributed by atoms with Crippen molar-refractivity contribution in [2.45, 2.75) is 31.1 Å². The lowest BCUT2D eigenvalue weighted by molar-refractivity contribution is -0.384. The second-order valence-corrected chi connectivity index (χ2v) is 14.0. The number of nitro benzene ring substituents is 1. The summed E-state index contributed by atoms with van der Waals surface area (Å²) in [6.07, 6.45) is 2.35. The molecule has 6 atom stereocenters. The molecule has 0 radical (unpaired) electrons. The van der Waals surface area contributed by atoms with Crippen LogP contribution in [0.25, 0.3) is 0 Å². The average Bonchev–Trinajstić information content (AvgIpc) is 3.56. The minimum Gasteiger partial charge on any atom is -0.491 e. The van der Waals surface area contributed by atoms with Gasteiger partial charge in [-0.2, -0.15) is 5.01 Å². The molecule has 2 heterocycles. The molecule has 268 valence electrons. The van der Waals surface area contributed by atoms with Gasteiger partial charge in [-0.25, -0.2) is 0 Å². The number of aliphatic hydroxyl groups excluding tert-OH is 1. The molecule has 0 bridgehead atoms. The number of anilines is 2.